The molecule has 0 atom stereocenters. The van der Waals surface area contributed by atoms with Crippen LogP contribution in [0.4, 0.5) is 18.9 Å². The highest BCUT2D eigenvalue weighted by Gasteiger charge is 2.29. The van der Waals surface area contributed by atoms with E-state index in [1.165, 1.54) is 23.5 Å². The summed E-state index contributed by atoms with van der Waals surface area (Å²) in [5, 5.41) is 5.92. The zero-order chi connectivity index (χ0) is 20.6. The Balaban J connectivity index is 1.63. The topological polar surface area (TPSA) is 46.9 Å². The first-order valence-corrected chi connectivity index (χ1v) is 9.67. The number of benzene rings is 2. The van der Waals surface area contributed by atoms with E-state index in [1.54, 1.807) is 6.20 Å². The highest BCUT2D eigenvalue weighted by molar-refractivity contribution is 7.11. The Bertz CT molecular complexity index is 1180. The number of para-hydroxylation sites is 1. The molecule has 29 heavy (non-hydrogen) atoms. The lowest BCUT2D eigenvalue weighted by molar-refractivity contribution is -0.137. The fourth-order valence-corrected chi connectivity index (χ4v) is 3.80. The Kier molecular flexibility index (Phi) is 4.87. The van der Waals surface area contributed by atoms with Crippen LogP contribution in [0.25, 0.3) is 10.9 Å². The van der Waals surface area contributed by atoms with E-state index in [1.807, 2.05) is 41.1 Å². The molecule has 2 aromatic carbocycles. The van der Waals surface area contributed by atoms with Gasteiger partial charge in [0.15, 0.2) is 5.01 Å². The molecule has 0 fully saturated rings. The summed E-state index contributed by atoms with van der Waals surface area (Å²) in [6.07, 6.45) is -2.56. The van der Waals surface area contributed by atoms with E-state index < -0.39 is 11.7 Å². The minimum atomic E-state index is -4.36. The van der Waals surface area contributed by atoms with Gasteiger partial charge in [0.05, 0.1) is 16.8 Å². The van der Waals surface area contributed by atoms with Crippen molar-refractivity contribution < 1.29 is 18.0 Å². The van der Waals surface area contributed by atoms with Crippen molar-refractivity contribution in [3.05, 3.63) is 81.9 Å². The fraction of sp³-hybridized carbons (Fsp3) is 0.143. The van der Waals surface area contributed by atoms with E-state index in [9.17, 15) is 18.0 Å². The van der Waals surface area contributed by atoms with Crippen LogP contribution in [0.2, 0.25) is 0 Å². The summed E-state index contributed by atoms with van der Waals surface area (Å²) in [6, 6.07) is 12.6. The number of thiazole rings is 1. The van der Waals surface area contributed by atoms with E-state index >= 15 is 0 Å². The van der Waals surface area contributed by atoms with Crippen molar-refractivity contribution in [2.75, 3.05) is 5.32 Å². The van der Waals surface area contributed by atoms with Crippen LogP contribution < -0.4 is 5.32 Å². The molecule has 0 bridgehead atoms. The lowest BCUT2D eigenvalue weighted by atomic mass is 10.1. The smallest absolute Gasteiger partial charge is 0.341 e. The molecule has 4 nitrogen and oxygen atoms in total. The van der Waals surface area contributed by atoms with Gasteiger partial charge in [0.2, 0.25) is 0 Å². The lowest BCUT2D eigenvalue weighted by Gasteiger charge is -2.09. The number of hydrogen-bond acceptors (Lipinski definition) is 3. The summed E-state index contributed by atoms with van der Waals surface area (Å²) in [5.74, 6) is -0.291. The third kappa shape index (κ3) is 4.02. The highest BCUT2D eigenvalue weighted by atomic mass is 32.1. The molecule has 2 heterocycles. The van der Waals surface area contributed by atoms with Crippen LogP contribution in [0.5, 0.6) is 0 Å². The molecule has 8 heteroatoms. The van der Waals surface area contributed by atoms with Gasteiger partial charge in [0.25, 0.3) is 5.91 Å². The van der Waals surface area contributed by atoms with Gasteiger partial charge in [0, 0.05) is 29.2 Å². The number of aromatic nitrogens is 2. The third-order valence-electron chi connectivity index (χ3n) is 4.48. The molecule has 1 N–H and O–H groups in total. The summed E-state index contributed by atoms with van der Waals surface area (Å²) < 4.78 is 40.2. The normalized spacial score (nSPS) is 11.7. The minimum Gasteiger partial charge on any atom is -0.341 e. The first-order valence-electron chi connectivity index (χ1n) is 8.79. The molecular formula is C21H16F3N3OS. The van der Waals surface area contributed by atoms with Crippen molar-refractivity contribution in [3.63, 3.8) is 0 Å². The number of aryl methyl sites for hydroxylation is 1. The summed E-state index contributed by atoms with van der Waals surface area (Å²) in [6.45, 7) is 2.20. The summed E-state index contributed by atoms with van der Waals surface area (Å²) in [7, 11) is 0. The minimum absolute atomic E-state index is 0.291. The Morgan fingerprint density at radius 3 is 2.52 bits per heavy atom. The van der Waals surface area contributed by atoms with Crippen molar-refractivity contribution in [1.29, 1.82) is 0 Å². The van der Waals surface area contributed by atoms with Gasteiger partial charge in [-0.15, -0.1) is 11.3 Å². The summed E-state index contributed by atoms with van der Waals surface area (Å²) in [4.78, 5) is 16.7. The Hall–Kier alpha value is -3.13. The second kappa shape index (κ2) is 7.36. The predicted molar refractivity (Wildman–Crippen MR) is 107 cm³/mol. The van der Waals surface area contributed by atoms with Crippen LogP contribution in [-0.4, -0.2) is 15.5 Å². The average molecular weight is 415 g/mol. The van der Waals surface area contributed by atoms with Crippen LogP contribution in [0, 0.1) is 6.92 Å². The van der Waals surface area contributed by atoms with E-state index in [0.29, 0.717) is 17.2 Å². The molecular weight excluding hydrogens is 399 g/mol. The number of rotatable bonds is 4. The Labute approximate surface area is 168 Å². The number of anilines is 1. The van der Waals surface area contributed by atoms with Crippen LogP contribution in [0.3, 0.4) is 0 Å². The number of hydrogen-bond donors (Lipinski definition) is 1. The number of alkyl halides is 3. The van der Waals surface area contributed by atoms with Crippen molar-refractivity contribution in [2.45, 2.75) is 19.6 Å². The average Bonchev–Trinajstić information content (AvgIpc) is 3.26. The number of nitrogens with zero attached hydrogens (tertiary/aromatic N) is 2. The molecule has 4 aromatic rings. The molecule has 0 radical (unpaired) electrons. The number of amides is 1. The van der Waals surface area contributed by atoms with Gasteiger partial charge < -0.3 is 9.88 Å². The zero-order valence-corrected chi connectivity index (χ0v) is 16.1. The molecule has 0 saturated carbocycles. The molecule has 0 spiro atoms. The highest BCUT2D eigenvalue weighted by Crippen LogP contribution is 2.30. The fourth-order valence-electron chi connectivity index (χ4n) is 3.11. The van der Waals surface area contributed by atoms with Crippen LogP contribution in [0.15, 0.2) is 60.1 Å². The van der Waals surface area contributed by atoms with E-state index in [-0.39, 0.29) is 5.91 Å². The van der Waals surface area contributed by atoms with Crippen molar-refractivity contribution in [2.24, 2.45) is 0 Å². The predicted octanol–water partition coefficient (Wildman–Crippen LogP) is 5.73. The van der Waals surface area contributed by atoms with E-state index in [4.69, 9.17) is 0 Å². The van der Waals surface area contributed by atoms with Gasteiger partial charge in [0.1, 0.15) is 0 Å². The maximum atomic E-state index is 12.8. The second-order valence-corrected chi connectivity index (χ2v) is 7.49. The Morgan fingerprint density at radius 2 is 1.86 bits per heavy atom. The standard InChI is InChI=1S/C21H16F3N3OS/c1-13-12-29-20(25-13)19(28)26-17-11-27(18-5-3-2-4-16(17)18)10-14-6-8-15(9-7-14)21(22,23)24/h2-9,11-12H,10H2,1H3,(H,26,28). The van der Waals surface area contributed by atoms with Crippen molar-refractivity contribution in [3.8, 4) is 0 Å². The number of carbonyl (C=O) groups excluding carboxylic acids is 1. The quantitative estimate of drug-likeness (QED) is 0.463. The summed E-state index contributed by atoms with van der Waals surface area (Å²) in [5.41, 5.74) is 2.34. The molecule has 4 rings (SSSR count). The molecule has 2 aromatic heterocycles. The summed E-state index contributed by atoms with van der Waals surface area (Å²) >= 11 is 1.27. The van der Waals surface area contributed by atoms with Crippen molar-refractivity contribution >= 4 is 33.8 Å². The van der Waals surface area contributed by atoms with Gasteiger partial charge >= 0.3 is 6.18 Å². The zero-order valence-electron chi connectivity index (χ0n) is 15.3. The van der Waals surface area contributed by atoms with Gasteiger partial charge in [-0.25, -0.2) is 4.98 Å². The van der Waals surface area contributed by atoms with Gasteiger partial charge in [-0.1, -0.05) is 30.3 Å². The molecule has 0 aliphatic rings. The first-order chi connectivity index (χ1) is 13.8. The van der Waals surface area contributed by atoms with Gasteiger partial charge in [-0.2, -0.15) is 13.2 Å². The second-order valence-electron chi connectivity index (χ2n) is 6.63. The SMILES string of the molecule is Cc1csc(C(=O)Nc2cn(Cc3ccc(C(F)(F)F)cc3)c3ccccc23)n1. The molecule has 0 saturated heterocycles. The number of fused-ring (bicyclic) bond motifs is 1. The van der Waals surface area contributed by atoms with E-state index in [0.717, 1.165) is 34.3 Å². The third-order valence-corrected chi connectivity index (χ3v) is 5.44. The molecule has 0 aliphatic heterocycles. The lowest BCUT2D eigenvalue weighted by Crippen LogP contribution is -2.11. The number of carbonyl (C=O) groups is 1. The molecule has 148 valence electrons. The monoisotopic (exact) mass is 415 g/mol. The maximum Gasteiger partial charge on any atom is 0.416 e. The first kappa shape index (κ1) is 19.2. The van der Waals surface area contributed by atoms with Gasteiger partial charge in [-0.05, 0) is 30.7 Å². The number of halogens is 3. The van der Waals surface area contributed by atoms with Crippen molar-refractivity contribution in [1.82, 2.24) is 9.55 Å². The largest absolute Gasteiger partial charge is 0.416 e. The molecule has 0 aliphatic carbocycles. The molecule has 0 unspecified atom stereocenters. The van der Waals surface area contributed by atoms with Crippen LogP contribution in [0.1, 0.15) is 26.6 Å². The van der Waals surface area contributed by atoms with Crippen LogP contribution >= 0.6 is 11.3 Å². The number of nitrogens with one attached hydrogen (secondary N) is 1. The molecule has 1 amide bonds. The van der Waals surface area contributed by atoms with E-state index in [2.05, 4.69) is 10.3 Å². The van der Waals surface area contributed by atoms with Crippen LogP contribution in [-0.2, 0) is 12.7 Å². The Morgan fingerprint density at radius 1 is 1.14 bits per heavy atom. The maximum absolute atomic E-state index is 12.8. The van der Waals surface area contributed by atoms with Gasteiger partial charge in [-0.3, -0.25) is 4.79 Å².